The summed E-state index contributed by atoms with van der Waals surface area (Å²) in [6.45, 7) is 7.20. The van der Waals surface area contributed by atoms with Gasteiger partial charge in [-0.15, -0.1) is 0 Å². The van der Waals surface area contributed by atoms with Gasteiger partial charge in [-0.05, 0) is 28.2 Å². The second kappa shape index (κ2) is 7.15. The summed E-state index contributed by atoms with van der Waals surface area (Å²) in [5, 5.41) is 7.32. The Bertz CT molecular complexity index is 959. The van der Waals surface area contributed by atoms with Gasteiger partial charge in [0.2, 0.25) is 0 Å². The van der Waals surface area contributed by atoms with E-state index in [1.54, 1.807) is 10.9 Å². The fourth-order valence-electron chi connectivity index (χ4n) is 3.38. The molecule has 1 aromatic heterocycles. The van der Waals surface area contributed by atoms with Crippen LogP contribution in [-0.4, -0.2) is 21.8 Å². The predicted octanol–water partition coefficient (Wildman–Crippen LogP) is 4.17. The van der Waals surface area contributed by atoms with Gasteiger partial charge in [-0.25, -0.2) is 4.68 Å². The van der Waals surface area contributed by atoms with E-state index in [1.807, 2.05) is 30.3 Å². The third-order valence-electron chi connectivity index (χ3n) is 5.06. The van der Waals surface area contributed by atoms with Crippen LogP contribution in [0.15, 0.2) is 60.8 Å². The van der Waals surface area contributed by atoms with Crippen LogP contribution in [0.5, 0.6) is 5.75 Å². The lowest BCUT2D eigenvalue weighted by molar-refractivity contribution is -0.122. The molecule has 1 atom stereocenters. The summed E-state index contributed by atoms with van der Waals surface area (Å²) in [5.41, 5.74) is 3.62. The van der Waals surface area contributed by atoms with Gasteiger partial charge < -0.3 is 10.1 Å². The van der Waals surface area contributed by atoms with E-state index in [-0.39, 0.29) is 11.3 Å². The Kier molecular flexibility index (Phi) is 4.67. The van der Waals surface area contributed by atoms with Gasteiger partial charge in [0.1, 0.15) is 11.6 Å². The molecule has 1 amide bonds. The van der Waals surface area contributed by atoms with Gasteiger partial charge in [-0.3, -0.25) is 4.79 Å². The molecule has 0 aliphatic carbocycles. The van der Waals surface area contributed by atoms with E-state index in [0.29, 0.717) is 18.8 Å². The lowest BCUT2D eigenvalue weighted by Crippen LogP contribution is -2.32. The highest BCUT2D eigenvalue weighted by Gasteiger charge is 2.29. The first kappa shape index (κ1) is 18.3. The largest absolute Gasteiger partial charge is 0.480 e. The molecule has 1 N–H and O–H groups in total. The molecule has 1 aliphatic rings. The monoisotopic (exact) mass is 375 g/mol. The fraction of sp³-hybridized carbons (Fsp3) is 0.304. The normalized spacial score (nSPS) is 15.8. The van der Waals surface area contributed by atoms with Crippen molar-refractivity contribution in [2.24, 2.45) is 0 Å². The SMILES string of the molecule is CC(C)(C)c1ccc(Cn2nccc2NC(=O)C2Cc3ccccc3O2)cc1. The van der Waals surface area contributed by atoms with Crippen LogP contribution in [0.1, 0.15) is 37.5 Å². The highest BCUT2D eigenvalue weighted by molar-refractivity contribution is 5.94. The summed E-state index contributed by atoms with van der Waals surface area (Å²) in [6.07, 6.45) is 1.78. The number of nitrogens with zero attached hydrogens (tertiary/aromatic N) is 2. The molecule has 0 bridgehead atoms. The van der Waals surface area contributed by atoms with Crippen molar-refractivity contribution in [2.75, 3.05) is 5.32 Å². The van der Waals surface area contributed by atoms with Gasteiger partial charge in [-0.2, -0.15) is 5.10 Å². The first-order valence-corrected chi connectivity index (χ1v) is 9.57. The standard InChI is InChI=1S/C23H25N3O2/c1-23(2,3)18-10-8-16(9-11-18)15-26-21(12-13-24-26)25-22(27)20-14-17-6-4-5-7-19(17)28-20/h4-13,20H,14-15H2,1-3H3,(H,25,27). The Morgan fingerprint density at radius 1 is 1.14 bits per heavy atom. The van der Waals surface area contributed by atoms with E-state index >= 15 is 0 Å². The Morgan fingerprint density at radius 2 is 1.89 bits per heavy atom. The number of fused-ring (bicyclic) bond motifs is 1. The van der Waals surface area contributed by atoms with Crippen molar-refractivity contribution in [1.82, 2.24) is 9.78 Å². The zero-order chi connectivity index (χ0) is 19.7. The van der Waals surface area contributed by atoms with E-state index in [2.05, 4.69) is 55.5 Å². The predicted molar refractivity (Wildman–Crippen MR) is 110 cm³/mol. The van der Waals surface area contributed by atoms with Crippen molar-refractivity contribution in [3.05, 3.63) is 77.5 Å². The summed E-state index contributed by atoms with van der Waals surface area (Å²) in [7, 11) is 0. The van der Waals surface area contributed by atoms with Gasteiger partial charge >= 0.3 is 0 Å². The molecule has 0 radical (unpaired) electrons. The number of carbonyl (C=O) groups is 1. The van der Waals surface area contributed by atoms with E-state index in [4.69, 9.17) is 4.74 Å². The molecule has 1 unspecified atom stereocenters. The number of rotatable bonds is 4. The minimum atomic E-state index is -0.508. The first-order valence-electron chi connectivity index (χ1n) is 9.57. The highest BCUT2D eigenvalue weighted by atomic mass is 16.5. The van der Waals surface area contributed by atoms with Crippen LogP contribution >= 0.6 is 0 Å². The van der Waals surface area contributed by atoms with Gasteiger partial charge in [0.05, 0.1) is 12.7 Å². The molecule has 5 heteroatoms. The molecule has 2 aromatic carbocycles. The third kappa shape index (κ3) is 3.79. The minimum Gasteiger partial charge on any atom is -0.480 e. The lowest BCUT2D eigenvalue weighted by Gasteiger charge is -2.19. The average Bonchev–Trinajstić information content (AvgIpc) is 3.28. The molecule has 0 saturated heterocycles. The van der Waals surface area contributed by atoms with E-state index < -0.39 is 6.10 Å². The van der Waals surface area contributed by atoms with Crippen LogP contribution < -0.4 is 10.1 Å². The highest BCUT2D eigenvalue weighted by Crippen LogP contribution is 2.28. The molecule has 28 heavy (non-hydrogen) atoms. The van der Waals surface area contributed by atoms with Crippen molar-refractivity contribution in [2.45, 2.75) is 45.3 Å². The van der Waals surface area contributed by atoms with Crippen molar-refractivity contribution in [1.29, 1.82) is 0 Å². The second-order valence-corrected chi connectivity index (χ2v) is 8.23. The molecule has 0 saturated carbocycles. The van der Waals surface area contributed by atoms with E-state index in [1.165, 1.54) is 5.56 Å². The molecular formula is C23H25N3O2. The van der Waals surface area contributed by atoms with Gasteiger partial charge in [0.25, 0.3) is 5.91 Å². The number of benzene rings is 2. The number of amides is 1. The Morgan fingerprint density at radius 3 is 2.61 bits per heavy atom. The van der Waals surface area contributed by atoms with Crippen LogP contribution in [0.25, 0.3) is 0 Å². The Labute approximate surface area is 165 Å². The van der Waals surface area contributed by atoms with Crippen LogP contribution in [0.3, 0.4) is 0 Å². The van der Waals surface area contributed by atoms with Gasteiger partial charge in [0, 0.05) is 12.5 Å². The average molecular weight is 375 g/mol. The fourth-order valence-corrected chi connectivity index (χ4v) is 3.38. The maximum Gasteiger partial charge on any atom is 0.266 e. The van der Waals surface area contributed by atoms with Crippen LogP contribution in [0.2, 0.25) is 0 Å². The topological polar surface area (TPSA) is 56.2 Å². The zero-order valence-corrected chi connectivity index (χ0v) is 16.5. The van der Waals surface area contributed by atoms with Crippen LogP contribution in [0.4, 0.5) is 5.82 Å². The number of anilines is 1. The number of para-hydroxylation sites is 1. The molecule has 3 aromatic rings. The Balaban J connectivity index is 1.43. The molecule has 144 valence electrons. The number of hydrogen-bond acceptors (Lipinski definition) is 3. The van der Waals surface area contributed by atoms with Crippen molar-refractivity contribution < 1.29 is 9.53 Å². The maximum atomic E-state index is 12.7. The summed E-state index contributed by atoms with van der Waals surface area (Å²) >= 11 is 0. The number of aromatic nitrogens is 2. The van der Waals surface area contributed by atoms with Gasteiger partial charge in [-0.1, -0.05) is 63.2 Å². The molecule has 0 fully saturated rings. The summed E-state index contributed by atoms with van der Waals surface area (Å²) in [5.74, 6) is 1.31. The van der Waals surface area contributed by atoms with Crippen molar-refractivity contribution in [3.63, 3.8) is 0 Å². The summed E-state index contributed by atoms with van der Waals surface area (Å²) < 4.78 is 7.58. The molecule has 5 nitrogen and oxygen atoms in total. The number of ether oxygens (including phenoxy) is 1. The molecule has 0 spiro atoms. The minimum absolute atomic E-state index is 0.127. The molecule has 1 aliphatic heterocycles. The number of nitrogens with one attached hydrogen (secondary N) is 1. The zero-order valence-electron chi connectivity index (χ0n) is 16.5. The number of carbonyl (C=O) groups excluding carboxylic acids is 1. The molecular weight excluding hydrogens is 350 g/mol. The van der Waals surface area contributed by atoms with Crippen molar-refractivity contribution >= 4 is 11.7 Å². The lowest BCUT2D eigenvalue weighted by atomic mass is 9.87. The Hall–Kier alpha value is -3.08. The summed E-state index contributed by atoms with van der Waals surface area (Å²) in [6, 6.07) is 18.1. The smallest absolute Gasteiger partial charge is 0.266 e. The van der Waals surface area contributed by atoms with E-state index in [0.717, 1.165) is 16.9 Å². The maximum absolute atomic E-state index is 12.7. The quantitative estimate of drug-likeness (QED) is 0.745. The second-order valence-electron chi connectivity index (χ2n) is 8.23. The number of hydrogen-bond donors (Lipinski definition) is 1. The summed E-state index contributed by atoms with van der Waals surface area (Å²) in [4.78, 5) is 12.7. The van der Waals surface area contributed by atoms with Crippen LogP contribution in [0, 0.1) is 0 Å². The first-order chi connectivity index (χ1) is 13.4. The third-order valence-corrected chi connectivity index (χ3v) is 5.06. The molecule has 2 heterocycles. The molecule has 4 rings (SSSR count). The van der Waals surface area contributed by atoms with Crippen LogP contribution in [-0.2, 0) is 23.2 Å². The van der Waals surface area contributed by atoms with Gasteiger partial charge in [0.15, 0.2) is 6.10 Å². The van der Waals surface area contributed by atoms with E-state index in [9.17, 15) is 4.79 Å². The van der Waals surface area contributed by atoms with Crippen molar-refractivity contribution in [3.8, 4) is 5.75 Å².